The van der Waals surface area contributed by atoms with Crippen LogP contribution in [0.5, 0.6) is 5.75 Å². The molecule has 0 unspecified atom stereocenters. The quantitative estimate of drug-likeness (QED) is 0.689. The highest BCUT2D eigenvalue weighted by Crippen LogP contribution is 2.24. The molecule has 0 saturated heterocycles. The number of nitriles is 1. The van der Waals surface area contributed by atoms with E-state index in [-0.39, 0.29) is 11.1 Å². The molecule has 1 rings (SSSR count). The zero-order valence-corrected chi connectivity index (χ0v) is 8.83. The Kier molecular flexibility index (Phi) is 3.29. The first-order valence-corrected chi connectivity index (χ1v) is 4.31. The number of carbonyl (C=O) groups excluding carboxylic acids is 1. The summed E-state index contributed by atoms with van der Waals surface area (Å²) in [5.41, 5.74) is 1.17. The molecule has 0 N–H and O–H groups in total. The fourth-order valence-corrected chi connectivity index (χ4v) is 1.33. The molecule has 0 heterocycles. The number of methoxy groups -OCH3 is 2. The summed E-state index contributed by atoms with van der Waals surface area (Å²) in [6.07, 6.45) is 0. The minimum absolute atomic E-state index is 0.212. The molecular weight excluding hydrogens is 194 g/mol. The molecule has 4 nitrogen and oxygen atoms in total. The monoisotopic (exact) mass is 205 g/mol. The fourth-order valence-electron chi connectivity index (χ4n) is 1.33. The Bertz CT molecular complexity index is 432. The van der Waals surface area contributed by atoms with E-state index in [2.05, 4.69) is 4.74 Å². The number of esters is 1. The number of hydrogen-bond donors (Lipinski definition) is 0. The second kappa shape index (κ2) is 4.47. The van der Waals surface area contributed by atoms with Gasteiger partial charge in [-0.15, -0.1) is 0 Å². The van der Waals surface area contributed by atoms with E-state index >= 15 is 0 Å². The van der Waals surface area contributed by atoms with E-state index in [1.807, 2.05) is 6.07 Å². The van der Waals surface area contributed by atoms with Gasteiger partial charge in [0, 0.05) is 0 Å². The van der Waals surface area contributed by atoms with Crippen LogP contribution in [0.4, 0.5) is 0 Å². The van der Waals surface area contributed by atoms with Crippen molar-refractivity contribution in [2.45, 2.75) is 6.92 Å². The summed E-state index contributed by atoms with van der Waals surface area (Å²) in [4.78, 5) is 11.5. The van der Waals surface area contributed by atoms with Crippen molar-refractivity contribution in [3.05, 3.63) is 28.8 Å². The van der Waals surface area contributed by atoms with Crippen LogP contribution in [0.2, 0.25) is 0 Å². The molecule has 0 aliphatic rings. The maximum absolute atomic E-state index is 11.5. The van der Waals surface area contributed by atoms with Crippen molar-refractivity contribution < 1.29 is 14.3 Å². The lowest BCUT2D eigenvalue weighted by molar-refractivity contribution is 0.0599. The molecule has 1 aromatic rings. The molecule has 0 aliphatic carbocycles. The topological polar surface area (TPSA) is 59.3 Å². The van der Waals surface area contributed by atoms with Crippen molar-refractivity contribution in [2.24, 2.45) is 0 Å². The van der Waals surface area contributed by atoms with Crippen LogP contribution in [0.3, 0.4) is 0 Å². The number of benzene rings is 1. The zero-order chi connectivity index (χ0) is 11.4. The third-order valence-electron chi connectivity index (χ3n) is 2.10. The summed E-state index contributed by atoms with van der Waals surface area (Å²) >= 11 is 0. The third kappa shape index (κ3) is 1.91. The highest BCUT2D eigenvalue weighted by molar-refractivity contribution is 5.94. The maximum atomic E-state index is 11.5. The van der Waals surface area contributed by atoms with Crippen LogP contribution in [-0.4, -0.2) is 20.2 Å². The van der Waals surface area contributed by atoms with Gasteiger partial charge in [-0.3, -0.25) is 0 Å². The average molecular weight is 205 g/mol. The van der Waals surface area contributed by atoms with E-state index in [9.17, 15) is 4.79 Å². The van der Waals surface area contributed by atoms with Crippen LogP contribution in [0, 0.1) is 18.3 Å². The minimum Gasteiger partial charge on any atom is -0.495 e. The van der Waals surface area contributed by atoms with E-state index < -0.39 is 5.97 Å². The van der Waals surface area contributed by atoms with Gasteiger partial charge in [-0.05, 0) is 18.6 Å². The van der Waals surface area contributed by atoms with Crippen LogP contribution < -0.4 is 4.74 Å². The van der Waals surface area contributed by atoms with Crippen molar-refractivity contribution in [2.75, 3.05) is 14.2 Å². The molecule has 78 valence electrons. The van der Waals surface area contributed by atoms with Crippen molar-refractivity contribution in [1.29, 1.82) is 5.26 Å². The summed E-state index contributed by atoms with van der Waals surface area (Å²) in [6.45, 7) is 1.74. The predicted octanol–water partition coefficient (Wildman–Crippen LogP) is 1.66. The Balaban J connectivity index is 3.47. The van der Waals surface area contributed by atoms with E-state index in [0.29, 0.717) is 11.3 Å². The van der Waals surface area contributed by atoms with Gasteiger partial charge >= 0.3 is 5.97 Å². The predicted molar refractivity (Wildman–Crippen MR) is 53.8 cm³/mol. The molecule has 15 heavy (non-hydrogen) atoms. The SMILES string of the molecule is COC(=O)c1c(C)ccc(OC)c1C#N. The van der Waals surface area contributed by atoms with Gasteiger partial charge < -0.3 is 9.47 Å². The van der Waals surface area contributed by atoms with Gasteiger partial charge in [0.2, 0.25) is 0 Å². The fraction of sp³-hybridized carbons (Fsp3) is 0.273. The van der Waals surface area contributed by atoms with Crippen molar-refractivity contribution in [3.63, 3.8) is 0 Å². The highest BCUT2D eigenvalue weighted by atomic mass is 16.5. The normalized spacial score (nSPS) is 9.20. The smallest absolute Gasteiger partial charge is 0.339 e. The molecule has 0 radical (unpaired) electrons. The van der Waals surface area contributed by atoms with Gasteiger partial charge in [0.25, 0.3) is 0 Å². The summed E-state index contributed by atoms with van der Waals surface area (Å²) in [6, 6.07) is 5.31. The van der Waals surface area contributed by atoms with E-state index in [1.54, 1.807) is 19.1 Å². The van der Waals surface area contributed by atoms with Gasteiger partial charge in [-0.1, -0.05) is 6.07 Å². The Morgan fingerprint density at radius 2 is 2.07 bits per heavy atom. The maximum Gasteiger partial charge on any atom is 0.339 e. The molecule has 0 aromatic heterocycles. The molecular formula is C11H11NO3. The van der Waals surface area contributed by atoms with E-state index in [4.69, 9.17) is 10.00 Å². The summed E-state index contributed by atoms with van der Waals surface area (Å²) in [5.74, 6) is -0.147. The highest BCUT2D eigenvalue weighted by Gasteiger charge is 2.18. The summed E-state index contributed by atoms with van der Waals surface area (Å²) < 4.78 is 9.61. The van der Waals surface area contributed by atoms with Gasteiger partial charge in [0.05, 0.1) is 19.8 Å². The first-order valence-electron chi connectivity index (χ1n) is 4.31. The second-order valence-electron chi connectivity index (χ2n) is 2.94. The molecule has 0 amide bonds. The summed E-state index contributed by atoms with van der Waals surface area (Å²) in [5, 5.41) is 8.96. The van der Waals surface area contributed by atoms with E-state index in [1.165, 1.54) is 14.2 Å². The Morgan fingerprint density at radius 1 is 1.40 bits per heavy atom. The lowest BCUT2D eigenvalue weighted by Crippen LogP contribution is -2.08. The first kappa shape index (κ1) is 11.1. The molecule has 0 bridgehead atoms. The molecule has 0 spiro atoms. The van der Waals surface area contributed by atoms with Crippen LogP contribution in [0.15, 0.2) is 12.1 Å². The van der Waals surface area contributed by atoms with Crippen molar-refractivity contribution in [1.82, 2.24) is 0 Å². The average Bonchev–Trinajstić information content (AvgIpc) is 2.27. The van der Waals surface area contributed by atoms with Crippen molar-refractivity contribution in [3.8, 4) is 11.8 Å². The largest absolute Gasteiger partial charge is 0.495 e. The molecule has 0 aliphatic heterocycles. The van der Waals surface area contributed by atoms with Gasteiger partial charge in [0.1, 0.15) is 17.4 Å². The second-order valence-corrected chi connectivity index (χ2v) is 2.94. The van der Waals surface area contributed by atoms with Crippen LogP contribution in [-0.2, 0) is 4.74 Å². The van der Waals surface area contributed by atoms with Crippen LogP contribution in [0.25, 0.3) is 0 Å². The van der Waals surface area contributed by atoms with Gasteiger partial charge in [-0.25, -0.2) is 4.79 Å². The molecule has 1 aromatic carbocycles. The lowest BCUT2D eigenvalue weighted by Gasteiger charge is -2.09. The molecule has 4 heteroatoms. The molecule has 0 fully saturated rings. The van der Waals surface area contributed by atoms with Gasteiger partial charge in [-0.2, -0.15) is 5.26 Å². The lowest BCUT2D eigenvalue weighted by atomic mass is 10.0. The summed E-state index contributed by atoms with van der Waals surface area (Å²) in [7, 11) is 2.73. The molecule has 0 atom stereocenters. The third-order valence-corrected chi connectivity index (χ3v) is 2.10. The number of carbonyl (C=O) groups is 1. The number of hydrogen-bond acceptors (Lipinski definition) is 4. The molecule has 0 saturated carbocycles. The number of ether oxygens (including phenoxy) is 2. The van der Waals surface area contributed by atoms with E-state index in [0.717, 1.165) is 0 Å². The Labute approximate surface area is 88.0 Å². The number of aryl methyl sites for hydroxylation is 1. The Hall–Kier alpha value is -2.02. The Morgan fingerprint density at radius 3 is 2.53 bits per heavy atom. The first-order chi connectivity index (χ1) is 7.15. The standard InChI is InChI=1S/C11H11NO3/c1-7-4-5-9(14-2)8(6-12)10(7)11(13)15-3/h4-5H,1-3H3. The zero-order valence-electron chi connectivity index (χ0n) is 8.83. The van der Waals surface area contributed by atoms with Crippen LogP contribution >= 0.6 is 0 Å². The number of nitrogens with zero attached hydrogens (tertiary/aromatic N) is 1. The van der Waals surface area contributed by atoms with Gasteiger partial charge in [0.15, 0.2) is 0 Å². The number of rotatable bonds is 2. The minimum atomic E-state index is -0.525. The van der Waals surface area contributed by atoms with Crippen LogP contribution in [0.1, 0.15) is 21.5 Å². The van der Waals surface area contributed by atoms with Crippen molar-refractivity contribution >= 4 is 5.97 Å².